The molecule has 1 N–H and O–H groups in total. The van der Waals surface area contributed by atoms with E-state index < -0.39 is 17.7 Å². The summed E-state index contributed by atoms with van der Waals surface area (Å²) in [5.74, 6) is -0.793. The summed E-state index contributed by atoms with van der Waals surface area (Å²) in [4.78, 5) is 20.2. The number of aliphatic carboxylic acids is 1. The first-order valence-corrected chi connectivity index (χ1v) is 11.4. The lowest BCUT2D eigenvalue weighted by molar-refractivity contribution is -0.138. The lowest BCUT2D eigenvalue weighted by Gasteiger charge is -2.14. The highest BCUT2D eigenvalue weighted by Crippen LogP contribution is 2.40. The minimum atomic E-state index is -4.50. The summed E-state index contributed by atoms with van der Waals surface area (Å²) in [7, 11) is 0. The lowest BCUT2D eigenvalue weighted by atomic mass is 9.97. The standard InChI is InChI=1S/C25H21F3N2O2S/c26-25(27,28)20-14-18(11-12-19(20)17-8-4-2-5-9-17)23-30-21-13-16(15-29-24(21)33-23)7-3-1-6-10-22(31)32/h2,4-5,8-9,11-15H,1,3,6-7,10H2,(H,31,32). The zero-order chi connectivity index (χ0) is 23.4. The van der Waals surface area contributed by atoms with Gasteiger partial charge in [0.25, 0.3) is 0 Å². The molecule has 8 heteroatoms. The molecule has 2 aromatic carbocycles. The minimum absolute atomic E-state index is 0.135. The summed E-state index contributed by atoms with van der Waals surface area (Å²) in [6.45, 7) is 0. The minimum Gasteiger partial charge on any atom is -0.481 e. The molecule has 0 saturated heterocycles. The van der Waals surface area contributed by atoms with Crippen LogP contribution >= 0.6 is 11.3 Å². The van der Waals surface area contributed by atoms with Crippen LogP contribution < -0.4 is 0 Å². The Kier molecular flexibility index (Phi) is 6.74. The summed E-state index contributed by atoms with van der Waals surface area (Å²) in [6.07, 6.45) is 0.445. The van der Waals surface area contributed by atoms with Crippen molar-refractivity contribution in [1.82, 2.24) is 9.97 Å². The fourth-order valence-electron chi connectivity index (χ4n) is 3.69. The molecule has 4 aromatic rings. The van der Waals surface area contributed by atoms with E-state index in [1.807, 2.05) is 6.07 Å². The van der Waals surface area contributed by atoms with Gasteiger partial charge in [-0.05, 0) is 48.1 Å². The van der Waals surface area contributed by atoms with E-state index in [2.05, 4.69) is 9.97 Å². The molecular weight excluding hydrogens is 449 g/mol. The second-order valence-electron chi connectivity index (χ2n) is 7.77. The molecule has 0 radical (unpaired) electrons. The third kappa shape index (κ3) is 5.57. The van der Waals surface area contributed by atoms with Crippen molar-refractivity contribution >= 4 is 27.7 Å². The molecule has 0 unspecified atom stereocenters. The molecule has 0 amide bonds. The number of carboxylic acid groups (broad SMARTS) is 1. The zero-order valence-corrected chi connectivity index (χ0v) is 18.4. The van der Waals surface area contributed by atoms with Crippen LogP contribution in [0.1, 0.15) is 36.8 Å². The third-order valence-electron chi connectivity index (χ3n) is 5.32. The molecule has 170 valence electrons. The van der Waals surface area contributed by atoms with Gasteiger partial charge in [0, 0.05) is 18.2 Å². The molecule has 2 heterocycles. The number of unbranched alkanes of at least 4 members (excludes halogenated alkanes) is 2. The highest BCUT2D eigenvalue weighted by molar-refractivity contribution is 7.21. The van der Waals surface area contributed by atoms with Crippen molar-refractivity contribution in [2.75, 3.05) is 0 Å². The number of halogens is 3. The van der Waals surface area contributed by atoms with Gasteiger partial charge in [-0.1, -0.05) is 60.2 Å². The van der Waals surface area contributed by atoms with E-state index in [1.54, 1.807) is 42.6 Å². The molecule has 0 aliphatic carbocycles. The number of hydrogen-bond acceptors (Lipinski definition) is 4. The van der Waals surface area contributed by atoms with E-state index in [-0.39, 0.29) is 12.0 Å². The number of hydrogen-bond donors (Lipinski definition) is 1. The number of nitrogens with zero attached hydrogens (tertiary/aromatic N) is 2. The van der Waals surface area contributed by atoms with E-state index in [1.165, 1.54) is 17.4 Å². The van der Waals surface area contributed by atoms with Crippen LogP contribution in [-0.2, 0) is 17.4 Å². The van der Waals surface area contributed by atoms with E-state index in [0.717, 1.165) is 30.9 Å². The summed E-state index contributed by atoms with van der Waals surface area (Å²) in [5.41, 5.74) is 1.98. The Labute approximate surface area is 192 Å². The number of pyridine rings is 1. The van der Waals surface area contributed by atoms with Gasteiger partial charge in [0.2, 0.25) is 0 Å². The second kappa shape index (κ2) is 9.70. The summed E-state index contributed by atoms with van der Waals surface area (Å²) < 4.78 is 41.5. The number of aryl methyl sites for hydroxylation is 1. The number of aromatic nitrogens is 2. The molecule has 0 aliphatic heterocycles. The third-order valence-corrected chi connectivity index (χ3v) is 6.35. The zero-order valence-electron chi connectivity index (χ0n) is 17.6. The lowest BCUT2D eigenvalue weighted by Crippen LogP contribution is -2.07. The molecule has 0 atom stereocenters. The number of alkyl halides is 3. The molecule has 0 fully saturated rings. The van der Waals surface area contributed by atoms with Gasteiger partial charge < -0.3 is 5.11 Å². The van der Waals surface area contributed by atoms with Crippen molar-refractivity contribution in [3.8, 4) is 21.7 Å². The Bertz CT molecular complexity index is 1270. The number of benzene rings is 2. The fraction of sp³-hybridized carbons (Fsp3) is 0.240. The van der Waals surface area contributed by atoms with Gasteiger partial charge in [0.15, 0.2) is 0 Å². The van der Waals surface area contributed by atoms with Crippen LogP contribution in [0.5, 0.6) is 0 Å². The molecule has 0 spiro atoms. The van der Waals surface area contributed by atoms with Gasteiger partial charge in [0.05, 0.1) is 5.56 Å². The number of fused-ring (bicyclic) bond motifs is 1. The molecule has 4 rings (SSSR count). The molecular formula is C25H21F3N2O2S. The fourth-order valence-corrected chi connectivity index (χ4v) is 4.57. The van der Waals surface area contributed by atoms with Gasteiger partial charge in [-0.15, -0.1) is 0 Å². The molecule has 2 aromatic heterocycles. The average Bonchev–Trinajstić information content (AvgIpc) is 3.22. The van der Waals surface area contributed by atoms with Crippen LogP contribution in [0.4, 0.5) is 13.2 Å². The predicted octanol–water partition coefficient (Wildman–Crippen LogP) is 7.23. The van der Waals surface area contributed by atoms with Gasteiger partial charge in [-0.3, -0.25) is 4.79 Å². The Morgan fingerprint density at radius 1 is 0.970 bits per heavy atom. The van der Waals surface area contributed by atoms with Crippen LogP contribution in [-0.4, -0.2) is 21.0 Å². The van der Waals surface area contributed by atoms with E-state index in [0.29, 0.717) is 32.9 Å². The van der Waals surface area contributed by atoms with Crippen molar-refractivity contribution in [2.45, 2.75) is 38.3 Å². The summed E-state index contributed by atoms with van der Waals surface area (Å²) in [6, 6.07) is 14.7. The van der Waals surface area contributed by atoms with Crippen LogP contribution in [0, 0.1) is 0 Å². The summed E-state index contributed by atoms with van der Waals surface area (Å²) in [5, 5.41) is 9.19. The normalized spacial score (nSPS) is 11.7. The van der Waals surface area contributed by atoms with Crippen LogP contribution in [0.15, 0.2) is 60.8 Å². The SMILES string of the molecule is O=C(O)CCCCCc1cnc2sc(-c3ccc(-c4ccccc4)c(C(F)(F)F)c3)nc2c1. The summed E-state index contributed by atoms with van der Waals surface area (Å²) >= 11 is 1.26. The van der Waals surface area contributed by atoms with Crippen molar-refractivity contribution in [3.63, 3.8) is 0 Å². The first-order chi connectivity index (χ1) is 15.8. The quantitative estimate of drug-likeness (QED) is 0.276. The highest BCUT2D eigenvalue weighted by atomic mass is 32.1. The van der Waals surface area contributed by atoms with Crippen LogP contribution in [0.25, 0.3) is 32.0 Å². The Morgan fingerprint density at radius 3 is 2.48 bits per heavy atom. The van der Waals surface area contributed by atoms with Crippen molar-refractivity contribution in [2.24, 2.45) is 0 Å². The van der Waals surface area contributed by atoms with E-state index in [9.17, 15) is 18.0 Å². The molecule has 0 saturated carbocycles. The maximum Gasteiger partial charge on any atom is 0.417 e. The van der Waals surface area contributed by atoms with Crippen LogP contribution in [0.3, 0.4) is 0 Å². The Balaban J connectivity index is 1.59. The van der Waals surface area contributed by atoms with Crippen molar-refractivity contribution in [1.29, 1.82) is 0 Å². The first-order valence-electron chi connectivity index (χ1n) is 10.6. The molecule has 4 nitrogen and oxygen atoms in total. The number of rotatable bonds is 8. The van der Waals surface area contributed by atoms with E-state index in [4.69, 9.17) is 5.11 Å². The van der Waals surface area contributed by atoms with Crippen LogP contribution in [0.2, 0.25) is 0 Å². The maximum absolute atomic E-state index is 13.8. The Morgan fingerprint density at radius 2 is 1.76 bits per heavy atom. The first kappa shape index (κ1) is 22.9. The van der Waals surface area contributed by atoms with E-state index >= 15 is 0 Å². The topological polar surface area (TPSA) is 63.1 Å². The molecule has 33 heavy (non-hydrogen) atoms. The van der Waals surface area contributed by atoms with Crippen molar-refractivity contribution in [3.05, 3.63) is 71.9 Å². The second-order valence-corrected chi connectivity index (χ2v) is 8.74. The predicted molar refractivity (Wildman–Crippen MR) is 123 cm³/mol. The smallest absolute Gasteiger partial charge is 0.417 e. The van der Waals surface area contributed by atoms with Gasteiger partial charge >= 0.3 is 12.1 Å². The number of carboxylic acids is 1. The highest BCUT2D eigenvalue weighted by Gasteiger charge is 2.34. The van der Waals surface area contributed by atoms with Crippen molar-refractivity contribution < 1.29 is 23.1 Å². The van der Waals surface area contributed by atoms with Gasteiger partial charge in [-0.25, -0.2) is 9.97 Å². The number of carbonyl (C=O) groups is 1. The average molecular weight is 471 g/mol. The van der Waals surface area contributed by atoms with Gasteiger partial charge in [-0.2, -0.15) is 13.2 Å². The molecule has 0 bridgehead atoms. The monoisotopic (exact) mass is 470 g/mol. The maximum atomic E-state index is 13.8. The number of thiazole rings is 1. The largest absolute Gasteiger partial charge is 0.481 e. The Hall–Kier alpha value is -3.26. The molecule has 0 aliphatic rings. The van der Waals surface area contributed by atoms with Gasteiger partial charge in [0.1, 0.15) is 15.4 Å².